The van der Waals surface area contributed by atoms with Crippen LogP contribution in [0.1, 0.15) is 32.9 Å². The third kappa shape index (κ3) is 7.03. The Balaban J connectivity index is 2.24. The van der Waals surface area contributed by atoms with Crippen LogP contribution in [0.4, 0.5) is 10.6 Å². The van der Waals surface area contributed by atoms with Gasteiger partial charge in [-0.25, -0.2) is 4.79 Å². The SMILES string of the molecule is CC(C)(C)OC(=O)NCCC=Cc1ccc(N)nn1. The molecular formula is C13H20N4O2. The Hall–Kier alpha value is -2.11. The van der Waals surface area contributed by atoms with Crippen LogP contribution in [0.3, 0.4) is 0 Å². The first-order chi connectivity index (χ1) is 8.87. The second kappa shape index (κ2) is 6.72. The van der Waals surface area contributed by atoms with Crippen molar-refractivity contribution >= 4 is 18.0 Å². The molecule has 1 aromatic rings. The first-order valence-electron chi connectivity index (χ1n) is 6.09. The summed E-state index contributed by atoms with van der Waals surface area (Å²) < 4.78 is 5.11. The number of aromatic nitrogens is 2. The molecule has 0 spiro atoms. The van der Waals surface area contributed by atoms with Crippen molar-refractivity contribution in [3.63, 3.8) is 0 Å². The van der Waals surface area contributed by atoms with Crippen molar-refractivity contribution in [2.45, 2.75) is 32.8 Å². The number of nitrogen functional groups attached to an aromatic ring is 1. The van der Waals surface area contributed by atoms with Gasteiger partial charge in [0.05, 0.1) is 5.69 Å². The van der Waals surface area contributed by atoms with Crippen LogP contribution in [-0.2, 0) is 4.74 Å². The van der Waals surface area contributed by atoms with Gasteiger partial charge in [-0.05, 0) is 45.4 Å². The minimum atomic E-state index is -0.473. The van der Waals surface area contributed by atoms with Crippen LogP contribution >= 0.6 is 0 Å². The van der Waals surface area contributed by atoms with Crippen LogP contribution < -0.4 is 11.1 Å². The van der Waals surface area contributed by atoms with Gasteiger partial charge in [-0.3, -0.25) is 0 Å². The fourth-order valence-corrected chi connectivity index (χ4v) is 1.22. The van der Waals surface area contributed by atoms with Gasteiger partial charge in [0, 0.05) is 6.54 Å². The number of ether oxygens (including phenoxy) is 1. The average molecular weight is 264 g/mol. The zero-order valence-electron chi connectivity index (χ0n) is 11.5. The average Bonchev–Trinajstić information content (AvgIpc) is 2.29. The van der Waals surface area contributed by atoms with Crippen LogP contribution in [-0.4, -0.2) is 28.4 Å². The van der Waals surface area contributed by atoms with Crippen LogP contribution in [0.25, 0.3) is 6.08 Å². The summed E-state index contributed by atoms with van der Waals surface area (Å²) in [5, 5.41) is 10.3. The number of alkyl carbamates (subject to hydrolysis) is 1. The second-order valence-electron chi connectivity index (χ2n) is 5.00. The quantitative estimate of drug-likeness (QED) is 0.812. The normalized spacial score (nSPS) is 11.5. The molecule has 1 aromatic heterocycles. The number of carbonyl (C=O) groups excluding carboxylic acids is 1. The highest BCUT2D eigenvalue weighted by molar-refractivity contribution is 5.67. The summed E-state index contributed by atoms with van der Waals surface area (Å²) in [6, 6.07) is 3.46. The molecule has 19 heavy (non-hydrogen) atoms. The molecule has 3 N–H and O–H groups in total. The number of hydrogen-bond donors (Lipinski definition) is 2. The van der Waals surface area contributed by atoms with E-state index in [9.17, 15) is 4.79 Å². The van der Waals surface area contributed by atoms with E-state index in [1.165, 1.54) is 0 Å². The van der Waals surface area contributed by atoms with Crippen LogP contribution in [0, 0.1) is 0 Å². The summed E-state index contributed by atoms with van der Waals surface area (Å²) in [5.41, 5.74) is 5.68. The maximum atomic E-state index is 11.3. The van der Waals surface area contributed by atoms with Gasteiger partial charge in [0.15, 0.2) is 0 Å². The summed E-state index contributed by atoms with van der Waals surface area (Å²) in [5.74, 6) is 0.392. The predicted molar refractivity (Wildman–Crippen MR) is 74.3 cm³/mol. The molecule has 104 valence electrons. The van der Waals surface area contributed by atoms with Gasteiger partial charge in [0.1, 0.15) is 11.4 Å². The van der Waals surface area contributed by atoms with E-state index in [-0.39, 0.29) is 0 Å². The highest BCUT2D eigenvalue weighted by Gasteiger charge is 2.14. The minimum Gasteiger partial charge on any atom is -0.444 e. The molecule has 0 atom stereocenters. The number of rotatable bonds is 4. The smallest absolute Gasteiger partial charge is 0.407 e. The molecule has 0 fully saturated rings. The van der Waals surface area contributed by atoms with Gasteiger partial charge in [0.2, 0.25) is 0 Å². The molecule has 0 aliphatic carbocycles. The van der Waals surface area contributed by atoms with Gasteiger partial charge < -0.3 is 15.8 Å². The van der Waals surface area contributed by atoms with E-state index in [2.05, 4.69) is 15.5 Å². The summed E-state index contributed by atoms with van der Waals surface area (Å²) in [7, 11) is 0. The first kappa shape index (κ1) is 14.9. The molecule has 0 bridgehead atoms. The van der Waals surface area contributed by atoms with E-state index < -0.39 is 11.7 Å². The molecule has 6 heteroatoms. The van der Waals surface area contributed by atoms with Gasteiger partial charge in [0.25, 0.3) is 0 Å². The van der Waals surface area contributed by atoms with Crippen LogP contribution in [0.5, 0.6) is 0 Å². The van der Waals surface area contributed by atoms with E-state index in [4.69, 9.17) is 10.5 Å². The molecule has 6 nitrogen and oxygen atoms in total. The van der Waals surface area contributed by atoms with Crippen LogP contribution in [0.15, 0.2) is 18.2 Å². The minimum absolute atomic E-state index is 0.392. The number of hydrogen-bond acceptors (Lipinski definition) is 5. The molecule has 0 radical (unpaired) electrons. The fraction of sp³-hybridized carbons (Fsp3) is 0.462. The maximum Gasteiger partial charge on any atom is 0.407 e. The van der Waals surface area contributed by atoms with E-state index >= 15 is 0 Å². The van der Waals surface area contributed by atoms with Crippen molar-refractivity contribution in [2.24, 2.45) is 0 Å². The molecule has 0 saturated carbocycles. The highest BCUT2D eigenvalue weighted by Crippen LogP contribution is 2.06. The predicted octanol–water partition coefficient (Wildman–Crippen LogP) is 1.99. The summed E-state index contributed by atoms with van der Waals surface area (Å²) >= 11 is 0. The molecule has 1 rings (SSSR count). The fourth-order valence-electron chi connectivity index (χ4n) is 1.22. The van der Waals surface area contributed by atoms with Gasteiger partial charge in [-0.1, -0.05) is 6.08 Å². The lowest BCUT2D eigenvalue weighted by atomic mass is 10.2. The number of anilines is 1. The Kier molecular flexibility index (Phi) is 5.29. The standard InChI is InChI=1S/C13H20N4O2/c1-13(2,3)19-12(18)15-9-5-4-6-10-7-8-11(14)17-16-10/h4,6-8H,5,9H2,1-3H3,(H2,14,17)(H,15,18). The highest BCUT2D eigenvalue weighted by atomic mass is 16.6. The molecule has 0 aliphatic rings. The Bertz CT molecular complexity index is 435. The van der Waals surface area contributed by atoms with E-state index in [1.807, 2.05) is 32.9 Å². The maximum absolute atomic E-state index is 11.3. The molecule has 0 saturated heterocycles. The molecule has 0 unspecified atom stereocenters. The number of carbonyl (C=O) groups is 1. The molecule has 1 amide bonds. The van der Waals surface area contributed by atoms with Gasteiger partial charge in [-0.2, -0.15) is 0 Å². The zero-order valence-corrected chi connectivity index (χ0v) is 11.5. The van der Waals surface area contributed by atoms with Gasteiger partial charge in [-0.15, -0.1) is 10.2 Å². The number of amides is 1. The van der Waals surface area contributed by atoms with E-state index in [1.54, 1.807) is 12.1 Å². The van der Waals surface area contributed by atoms with Crippen molar-refractivity contribution in [3.8, 4) is 0 Å². The summed E-state index contributed by atoms with van der Waals surface area (Å²) in [4.78, 5) is 11.3. The molecule has 0 aliphatic heterocycles. The van der Waals surface area contributed by atoms with Crippen molar-refractivity contribution in [1.82, 2.24) is 15.5 Å². The topological polar surface area (TPSA) is 90.1 Å². The van der Waals surface area contributed by atoms with Crippen molar-refractivity contribution < 1.29 is 9.53 Å². The zero-order chi connectivity index (χ0) is 14.3. The van der Waals surface area contributed by atoms with E-state index in [0.717, 1.165) is 5.69 Å². The lowest BCUT2D eigenvalue weighted by molar-refractivity contribution is 0.0529. The largest absolute Gasteiger partial charge is 0.444 e. The monoisotopic (exact) mass is 264 g/mol. The second-order valence-corrected chi connectivity index (χ2v) is 5.00. The lowest BCUT2D eigenvalue weighted by Crippen LogP contribution is -2.32. The van der Waals surface area contributed by atoms with Crippen molar-refractivity contribution in [1.29, 1.82) is 0 Å². The summed E-state index contributed by atoms with van der Waals surface area (Å²) in [6.45, 7) is 5.98. The molecule has 0 aromatic carbocycles. The Morgan fingerprint density at radius 2 is 2.16 bits per heavy atom. The number of nitrogens with zero attached hydrogens (tertiary/aromatic N) is 2. The van der Waals surface area contributed by atoms with Crippen LogP contribution in [0.2, 0.25) is 0 Å². The molecular weight excluding hydrogens is 244 g/mol. The Labute approximate surface area is 113 Å². The number of nitrogens with two attached hydrogens (primary N) is 1. The third-order valence-corrected chi connectivity index (χ3v) is 1.97. The van der Waals surface area contributed by atoms with Crippen molar-refractivity contribution in [2.75, 3.05) is 12.3 Å². The Morgan fingerprint density at radius 1 is 1.42 bits per heavy atom. The van der Waals surface area contributed by atoms with E-state index in [0.29, 0.717) is 18.8 Å². The number of nitrogens with one attached hydrogen (secondary N) is 1. The lowest BCUT2D eigenvalue weighted by Gasteiger charge is -2.19. The van der Waals surface area contributed by atoms with Gasteiger partial charge >= 0.3 is 6.09 Å². The Morgan fingerprint density at radius 3 is 2.74 bits per heavy atom. The van der Waals surface area contributed by atoms with Crippen molar-refractivity contribution in [3.05, 3.63) is 23.9 Å². The summed E-state index contributed by atoms with van der Waals surface area (Å²) in [6.07, 6.45) is 4.00. The third-order valence-electron chi connectivity index (χ3n) is 1.97. The molecule has 1 heterocycles. The first-order valence-corrected chi connectivity index (χ1v) is 6.09.